The average molecular weight is 243 g/mol. The van der Waals surface area contributed by atoms with E-state index in [9.17, 15) is 9.59 Å². The van der Waals surface area contributed by atoms with Crippen LogP contribution in [0.15, 0.2) is 0 Å². The van der Waals surface area contributed by atoms with Gasteiger partial charge in [-0.1, -0.05) is 20.8 Å². The summed E-state index contributed by atoms with van der Waals surface area (Å²) in [5.74, 6) is -0.336. The Hall–Kier alpha value is -1.10. The number of nitrogens with two attached hydrogens (primary N) is 1. The van der Waals surface area contributed by atoms with Gasteiger partial charge in [0.15, 0.2) is 0 Å². The molecule has 0 saturated carbocycles. The Balaban J connectivity index is 4.40. The topological polar surface area (TPSA) is 84.2 Å². The molecule has 5 nitrogen and oxygen atoms in total. The van der Waals surface area contributed by atoms with Gasteiger partial charge in [-0.05, 0) is 19.3 Å². The lowest BCUT2D eigenvalue weighted by atomic mass is 9.86. The highest BCUT2D eigenvalue weighted by molar-refractivity contribution is 5.85. The lowest BCUT2D eigenvalue weighted by molar-refractivity contribution is -0.130. The van der Waals surface area contributed by atoms with Gasteiger partial charge in [-0.3, -0.25) is 9.59 Å². The lowest BCUT2D eigenvalue weighted by Gasteiger charge is -2.28. The van der Waals surface area contributed by atoms with Crippen molar-refractivity contribution >= 4 is 11.8 Å². The van der Waals surface area contributed by atoms with Crippen molar-refractivity contribution in [3.05, 3.63) is 0 Å². The van der Waals surface area contributed by atoms with Crippen LogP contribution in [0.3, 0.4) is 0 Å². The normalized spacial score (nSPS) is 14.1. The average Bonchev–Trinajstić information content (AvgIpc) is 2.22. The smallest absolute Gasteiger partial charge is 0.237 e. The molecule has 0 aromatic heterocycles. The Kier molecular flexibility index (Phi) is 5.13. The molecule has 0 aliphatic rings. The van der Waals surface area contributed by atoms with Gasteiger partial charge in [0.05, 0.1) is 11.5 Å². The zero-order valence-electron chi connectivity index (χ0n) is 11.7. The van der Waals surface area contributed by atoms with E-state index in [2.05, 4.69) is 10.6 Å². The minimum absolute atomic E-state index is 0.109. The van der Waals surface area contributed by atoms with Crippen LogP contribution in [0.1, 0.15) is 34.6 Å². The summed E-state index contributed by atoms with van der Waals surface area (Å²) in [7, 11) is 1.58. The standard InChI is InChI=1S/C12H25N3O2/c1-11(2,3)8(13)9(16)15-7-12(4,5)10(17)14-6/h8H,7,13H2,1-6H3,(H,14,17)(H,15,16)/t8-/m0/s1. The number of carbonyl (C=O) groups excluding carboxylic acids is 2. The van der Waals surface area contributed by atoms with E-state index >= 15 is 0 Å². The van der Waals surface area contributed by atoms with Crippen molar-refractivity contribution in [3.63, 3.8) is 0 Å². The van der Waals surface area contributed by atoms with E-state index in [1.165, 1.54) is 0 Å². The minimum atomic E-state index is -0.637. The Labute approximate surface area is 104 Å². The Morgan fingerprint density at radius 1 is 1.18 bits per heavy atom. The van der Waals surface area contributed by atoms with E-state index in [4.69, 9.17) is 5.73 Å². The lowest BCUT2D eigenvalue weighted by Crippen LogP contribution is -2.52. The fourth-order valence-corrected chi connectivity index (χ4v) is 1.23. The highest BCUT2D eigenvalue weighted by atomic mass is 16.2. The van der Waals surface area contributed by atoms with Gasteiger partial charge in [0.1, 0.15) is 0 Å². The summed E-state index contributed by atoms with van der Waals surface area (Å²) in [6, 6.07) is -0.581. The summed E-state index contributed by atoms with van der Waals surface area (Å²) >= 11 is 0. The highest BCUT2D eigenvalue weighted by Gasteiger charge is 2.31. The molecule has 0 bridgehead atoms. The van der Waals surface area contributed by atoms with E-state index in [-0.39, 0.29) is 23.8 Å². The number of hydrogen-bond donors (Lipinski definition) is 3. The fraction of sp³-hybridized carbons (Fsp3) is 0.833. The van der Waals surface area contributed by atoms with Crippen molar-refractivity contribution in [2.24, 2.45) is 16.6 Å². The van der Waals surface area contributed by atoms with E-state index in [0.29, 0.717) is 0 Å². The summed E-state index contributed by atoms with van der Waals surface area (Å²) in [6.07, 6.45) is 0. The van der Waals surface area contributed by atoms with Crippen LogP contribution in [0, 0.1) is 10.8 Å². The second-order valence-corrected chi connectivity index (χ2v) is 6.02. The van der Waals surface area contributed by atoms with E-state index < -0.39 is 11.5 Å². The molecular formula is C12H25N3O2. The summed E-state index contributed by atoms with van der Waals surface area (Å²) in [5.41, 5.74) is 4.89. The van der Waals surface area contributed by atoms with Gasteiger partial charge in [0.2, 0.25) is 11.8 Å². The summed E-state index contributed by atoms with van der Waals surface area (Å²) in [4.78, 5) is 23.3. The van der Waals surface area contributed by atoms with Gasteiger partial charge >= 0.3 is 0 Å². The summed E-state index contributed by atoms with van der Waals surface area (Å²) < 4.78 is 0. The third-order valence-corrected chi connectivity index (χ3v) is 2.76. The Morgan fingerprint density at radius 3 is 2.00 bits per heavy atom. The maximum atomic E-state index is 11.8. The second kappa shape index (κ2) is 5.49. The third-order valence-electron chi connectivity index (χ3n) is 2.76. The predicted octanol–water partition coefficient (Wildman–Crippen LogP) is 0.248. The van der Waals surface area contributed by atoms with E-state index in [1.807, 2.05) is 20.8 Å². The predicted molar refractivity (Wildman–Crippen MR) is 68.3 cm³/mol. The zero-order chi connectivity index (χ0) is 13.9. The molecule has 0 aromatic carbocycles. The molecule has 0 aromatic rings. The molecule has 0 saturated heterocycles. The third kappa shape index (κ3) is 4.73. The Bertz CT molecular complexity index is 293. The molecule has 0 aliphatic heterocycles. The number of carbonyl (C=O) groups is 2. The molecule has 5 heteroatoms. The molecule has 0 fully saturated rings. The van der Waals surface area contributed by atoms with Crippen molar-refractivity contribution in [1.29, 1.82) is 0 Å². The number of rotatable bonds is 4. The first-order valence-electron chi connectivity index (χ1n) is 5.78. The molecule has 0 heterocycles. The molecule has 17 heavy (non-hydrogen) atoms. The summed E-state index contributed by atoms with van der Waals surface area (Å²) in [5, 5.41) is 5.29. The fourth-order valence-electron chi connectivity index (χ4n) is 1.23. The largest absolute Gasteiger partial charge is 0.359 e. The molecule has 100 valence electrons. The highest BCUT2D eigenvalue weighted by Crippen LogP contribution is 2.18. The van der Waals surface area contributed by atoms with Gasteiger partial charge in [-0.25, -0.2) is 0 Å². The number of hydrogen-bond acceptors (Lipinski definition) is 3. The van der Waals surface area contributed by atoms with Crippen LogP contribution >= 0.6 is 0 Å². The zero-order valence-corrected chi connectivity index (χ0v) is 11.7. The van der Waals surface area contributed by atoms with Crippen LogP contribution in [-0.2, 0) is 9.59 Å². The van der Waals surface area contributed by atoms with Crippen LogP contribution in [0.25, 0.3) is 0 Å². The van der Waals surface area contributed by atoms with Crippen LogP contribution in [0.2, 0.25) is 0 Å². The van der Waals surface area contributed by atoms with Crippen molar-refractivity contribution in [1.82, 2.24) is 10.6 Å². The first kappa shape index (κ1) is 15.9. The minimum Gasteiger partial charge on any atom is -0.359 e. The van der Waals surface area contributed by atoms with Gasteiger partial charge in [0, 0.05) is 13.6 Å². The molecule has 0 radical (unpaired) electrons. The first-order valence-corrected chi connectivity index (χ1v) is 5.78. The SMILES string of the molecule is CNC(=O)C(C)(C)CNC(=O)[C@H](N)C(C)(C)C. The van der Waals surface area contributed by atoms with Gasteiger partial charge in [-0.2, -0.15) is 0 Å². The van der Waals surface area contributed by atoms with Crippen LogP contribution in [0.4, 0.5) is 0 Å². The molecule has 1 atom stereocenters. The number of nitrogens with one attached hydrogen (secondary N) is 2. The van der Waals surface area contributed by atoms with Crippen LogP contribution in [-0.4, -0.2) is 31.4 Å². The molecule has 0 unspecified atom stereocenters. The molecule has 4 N–H and O–H groups in total. The van der Waals surface area contributed by atoms with E-state index in [1.54, 1.807) is 20.9 Å². The molecule has 2 amide bonds. The molecule has 0 spiro atoms. The van der Waals surface area contributed by atoms with Crippen LogP contribution in [0.5, 0.6) is 0 Å². The second-order valence-electron chi connectivity index (χ2n) is 6.02. The van der Waals surface area contributed by atoms with Crippen LogP contribution < -0.4 is 16.4 Å². The monoisotopic (exact) mass is 243 g/mol. The van der Waals surface area contributed by atoms with Crippen molar-refractivity contribution in [3.8, 4) is 0 Å². The van der Waals surface area contributed by atoms with Crippen molar-refractivity contribution < 1.29 is 9.59 Å². The number of amides is 2. The molecular weight excluding hydrogens is 218 g/mol. The molecule has 0 rings (SSSR count). The maximum Gasteiger partial charge on any atom is 0.237 e. The van der Waals surface area contributed by atoms with Gasteiger partial charge < -0.3 is 16.4 Å². The van der Waals surface area contributed by atoms with Crippen molar-refractivity contribution in [2.45, 2.75) is 40.7 Å². The Morgan fingerprint density at radius 2 is 1.65 bits per heavy atom. The summed E-state index contributed by atoms with van der Waals surface area (Å²) in [6.45, 7) is 9.53. The first-order chi connectivity index (χ1) is 7.52. The van der Waals surface area contributed by atoms with E-state index in [0.717, 1.165) is 0 Å². The van der Waals surface area contributed by atoms with Gasteiger partial charge in [-0.15, -0.1) is 0 Å². The van der Waals surface area contributed by atoms with Crippen molar-refractivity contribution in [2.75, 3.05) is 13.6 Å². The van der Waals surface area contributed by atoms with Gasteiger partial charge in [0.25, 0.3) is 0 Å². The maximum absolute atomic E-state index is 11.8. The molecule has 0 aliphatic carbocycles. The quantitative estimate of drug-likeness (QED) is 0.661.